The third kappa shape index (κ3) is 4.53. The second-order valence-electron chi connectivity index (χ2n) is 8.65. The van der Waals surface area contributed by atoms with Gasteiger partial charge in [-0.3, -0.25) is 14.5 Å². The Bertz CT molecular complexity index is 873. The van der Waals surface area contributed by atoms with Crippen LogP contribution in [-0.4, -0.2) is 74.2 Å². The Labute approximate surface area is 177 Å². The lowest BCUT2D eigenvalue weighted by atomic mass is 10.0. The molecule has 4 rings (SSSR count). The van der Waals surface area contributed by atoms with Crippen molar-refractivity contribution >= 4 is 11.8 Å². The molecule has 3 heterocycles. The Kier molecular flexibility index (Phi) is 6.13. The van der Waals surface area contributed by atoms with Gasteiger partial charge in [-0.2, -0.15) is 0 Å². The maximum atomic E-state index is 13.1. The molecule has 0 N–H and O–H groups in total. The van der Waals surface area contributed by atoms with Gasteiger partial charge in [0.1, 0.15) is 12.6 Å². The lowest BCUT2D eigenvalue weighted by molar-refractivity contribution is -0.146. The van der Waals surface area contributed by atoms with Gasteiger partial charge in [0.05, 0.1) is 18.4 Å². The molecule has 30 heavy (non-hydrogen) atoms. The van der Waals surface area contributed by atoms with Crippen molar-refractivity contribution in [3.05, 3.63) is 47.8 Å². The van der Waals surface area contributed by atoms with E-state index in [9.17, 15) is 9.59 Å². The van der Waals surface area contributed by atoms with E-state index in [-0.39, 0.29) is 24.4 Å². The van der Waals surface area contributed by atoms with Gasteiger partial charge < -0.3 is 9.80 Å². The van der Waals surface area contributed by atoms with Gasteiger partial charge in [0, 0.05) is 32.7 Å². The first kappa shape index (κ1) is 20.5. The third-order valence-corrected chi connectivity index (χ3v) is 5.89. The van der Waals surface area contributed by atoms with Crippen LogP contribution in [0, 0.1) is 5.92 Å². The molecule has 2 aromatic rings. The molecular formula is C22H30N6O2. The van der Waals surface area contributed by atoms with Gasteiger partial charge in [0.25, 0.3) is 0 Å². The van der Waals surface area contributed by atoms with E-state index in [1.807, 2.05) is 11.0 Å². The molecule has 0 saturated carbocycles. The predicted octanol–water partition coefficient (Wildman–Crippen LogP) is 1.55. The largest absolute Gasteiger partial charge is 0.339 e. The fourth-order valence-electron chi connectivity index (χ4n) is 4.27. The molecular weight excluding hydrogens is 380 g/mol. The molecule has 1 fully saturated rings. The van der Waals surface area contributed by atoms with Gasteiger partial charge in [-0.1, -0.05) is 49.4 Å². The van der Waals surface area contributed by atoms with Crippen molar-refractivity contribution in [2.24, 2.45) is 5.92 Å². The number of hydrogen-bond acceptors (Lipinski definition) is 5. The minimum absolute atomic E-state index is 0.0203. The number of carbonyl (C=O) groups is 2. The number of nitrogens with zero attached hydrogens (tertiary/aromatic N) is 6. The normalized spacial score (nSPS) is 20.0. The highest BCUT2D eigenvalue weighted by molar-refractivity contribution is 5.87. The summed E-state index contributed by atoms with van der Waals surface area (Å²) < 4.78 is 1.73. The number of carbonyl (C=O) groups excluding carboxylic acids is 2. The fourth-order valence-corrected chi connectivity index (χ4v) is 4.27. The number of aromatic nitrogens is 3. The van der Waals surface area contributed by atoms with E-state index in [0.29, 0.717) is 32.0 Å². The molecule has 8 heteroatoms. The Balaban J connectivity index is 1.33. The maximum absolute atomic E-state index is 13.1. The molecule has 0 radical (unpaired) electrons. The van der Waals surface area contributed by atoms with Crippen molar-refractivity contribution < 1.29 is 9.59 Å². The molecule has 0 spiro atoms. The van der Waals surface area contributed by atoms with E-state index in [1.165, 1.54) is 5.56 Å². The Morgan fingerprint density at radius 1 is 1.13 bits per heavy atom. The molecule has 1 saturated heterocycles. The van der Waals surface area contributed by atoms with Gasteiger partial charge in [-0.25, -0.2) is 4.68 Å². The zero-order chi connectivity index (χ0) is 21.1. The van der Waals surface area contributed by atoms with E-state index >= 15 is 0 Å². The molecule has 0 bridgehead atoms. The zero-order valence-corrected chi connectivity index (χ0v) is 17.8. The summed E-state index contributed by atoms with van der Waals surface area (Å²) in [5.41, 5.74) is 2.18. The summed E-state index contributed by atoms with van der Waals surface area (Å²) in [6.45, 7) is 8.68. The SMILES string of the molecule is CC(C)C[C@H]1C(=O)N(CC(=O)N2CCN(Cc3ccccc3)CC2)Cc2cnnn21. The van der Waals surface area contributed by atoms with E-state index in [2.05, 4.69) is 53.3 Å². The Morgan fingerprint density at radius 3 is 2.57 bits per heavy atom. The lowest BCUT2D eigenvalue weighted by Gasteiger charge is -2.37. The van der Waals surface area contributed by atoms with Crippen molar-refractivity contribution in [2.45, 2.75) is 39.4 Å². The first-order valence-corrected chi connectivity index (χ1v) is 10.7. The molecule has 0 unspecified atom stereocenters. The first-order valence-electron chi connectivity index (χ1n) is 10.7. The van der Waals surface area contributed by atoms with Crippen molar-refractivity contribution in [1.29, 1.82) is 0 Å². The number of fused-ring (bicyclic) bond motifs is 1. The van der Waals surface area contributed by atoms with Crippen LogP contribution in [0.3, 0.4) is 0 Å². The van der Waals surface area contributed by atoms with Gasteiger partial charge in [0.15, 0.2) is 0 Å². The second kappa shape index (κ2) is 8.95. The predicted molar refractivity (Wildman–Crippen MR) is 112 cm³/mol. The smallest absolute Gasteiger partial charge is 0.248 e. The number of amides is 2. The van der Waals surface area contributed by atoms with Crippen molar-refractivity contribution in [3.63, 3.8) is 0 Å². The number of benzene rings is 1. The molecule has 2 aliphatic rings. The summed E-state index contributed by atoms with van der Waals surface area (Å²) in [5.74, 6) is 0.342. The average Bonchev–Trinajstić information content (AvgIpc) is 3.20. The summed E-state index contributed by atoms with van der Waals surface area (Å²) in [6, 6.07) is 10.0. The number of rotatable bonds is 6. The highest BCUT2D eigenvalue weighted by Gasteiger charge is 2.36. The highest BCUT2D eigenvalue weighted by atomic mass is 16.2. The molecule has 2 amide bonds. The number of piperazine rings is 1. The van der Waals surface area contributed by atoms with Crippen LogP contribution < -0.4 is 0 Å². The quantitative estimate of drug-likeness (QED) is 0.722. The van der Waals surface area contributed by atoms with Gasteiger partial charge in [0.2, 0.25) is 11.8 Å². The molecule has 160 valence electrons. The van der Waals surface area contributed by atoms with Gasteiger partial charge in [-0.05, 0) is 17.9 Å². The fraction of sp³-hybridized carbons (Fsp3) is 0.545. The van der Waals surface area contributed by atoms with Crippen molar-refractivity contribution in [2.75, 3.05) is 32.7 Å². The summed E-state index contributed by atoms with van der Waals surface area (Å²) in [4.78, 5) is 31.9. The molecule has 1 atom stereocenters. The summed E-state index contributed by atoms with van der Waals surface area (Å²) >= 11 is 0. The van der Waals surface area contributed by atoms with Crippen LogP contribution in [0.15, 0.2) is 36.5 Å². The van der Waals surface area contributed by atoms with Gasteiger partial charge >= 0.3 is 0 Å². The van der Waals surface area contributed by atoms with E-state index in [0.717, 1.165) is 25.3 Å². The van der Waals surface area contributed by atoms with E-state index < -0.39 is 0 Å². The topological polar surface area (TPSA) is 74.6 Å². The molecule has 0 aliphatic carbocycles. The summed E-state index contributed by atoms with van der Waals surface area (Å²) in [5, 5.41) is 8.08. The minimum Gasteiger partial charge on any atom is -0.339 e. The molecule has 1 aromatic carbocycles. The van der Waals surface area contributed by atoms with Gasteiger partial charge in [-0.15, -0.1) is 5.10 Å². The first-order chi connectivity index (χ1) is 14.5. The second-order valence-corrected chi connectivity index (χ2v) is 8.65. The van der Waals surface area contributed by atoms with Crippen molar-refractivity contribution in [1.82, 2.24) is 29.7 Å². The van der Waals surface area contributed by atoms with Crippen LogP contribution in [0.25, 0.3) is 0 Å². The molecule has 1 aromatic heterocycles. The van der Waals surface area contributed by atoms with Crippen LogP contribution >= 0.6 is 0 Å². The van der Waals surface area contributed by atoms with Crippen LogP contribution in [0.1, 0.15) is 37.6 Å². The Hall–Kier alpha value is -2.74. The van der Waals surface area contributed by atoms with Crippen LogP contribution in [0.5, 0.6) is 0 Å². The van der Waals surface area contributed by atoms with E-state index in [1.54, 1.807) is 15.8 Å². The molecule has 2 aliphatic heterocycles. The van der Waals surface area contributed by atoms with Crippen molar-refractivity contribution in [3.8, 4) is 0 Å². The van der Waals surface area contributed by atoms with E-state index in [4.69, 9.17) is 0 Å². The monoisotopic (exact) mass is 410 g/mol. The standard InChI is InChI=1S/C22H30N6O2/c1-17(2)12-20-22(30)27(15-19-13-23-24-28(19)20)16-21(29)26-10-8-25(9-11-26)14-18-6-4-3-5-7-18/h3-7,13,17,20H,8-12,14-16H2,1-2H3/t20-/m0/s1. The average molecular weight is 411 g/mol. The third-order valence-electron chi connectivity index (χ3n) is 5.89. The minimum atomic E-state index is -0.369. The summed E-state index contributed by atoms with van der Waals surface area (Å²) in [6.07, 6.45) is 2.39. The molecule has 8 nitrogen and oxygen atoms in total. The number of hydrogen-bond donors (Lipinski definition) is 0. The lowest BCUT2D eigenvalue weighted by Crippen LogP contribution is -2.53. The summed E-state index contributed by atoms with van der Waals surface area (Å²) in [7, 11) is 0. The van der Waals surface area contributed by atoms with Crippen LogP contribution in [-0.2, 0) is 22.7 Å². The Morgan fingerprint density at radius 2 is 1.87 bits per heavy atom. The van der Waals surface area contributed by atoms with Crippen LogP contribution in [0.4, 0.5) is 0 Å². The van der Waals surface area contributed by atoms with Crippen LogP contribution in [0.2, 0.25) is 0 Å². The maximum Gasteiger partial charge on any atom is 0.248 e. The highest BCUT2D eigenvalue weighted by Crippen LogP contribution is 2.26. The zero-order valence-electron chi connectivity index (χ0n) is 17.8.